The molecule has 0 aliphatic heterocycles. The Morgan fingerprint density at radius 2 is 0.818 bits per heavy atom. The third-order valence-corrected chi connectivity index (χ3v) is 10.1. The van der Waals surface area contributed by atoms with Crippen LogP contribution in [0.3, 0.4) is 0 Å². The molecule has 0 spiro atoms. The second-order valence-corrected chi connectivity index (χ2v) is 15.4. The number of aliphatic hydroxyl groups excluding tert-OH is 2. The second kappa shape index (κ2) is 46.0. The van der Waals surface area contributed by atoms with Crippen molar-refractivity contribution in [2.24, 2.45) is 0 Å². The molecule has 0 heterocycles. The van der Waals surface area contributed by atoms with Crippen LogP contribution in [0.15, 0.2) is 85.1 Å². The molecular formula is C51H89NO3. The van der Waals surface area contributed by atoms with Gasteiger partial charge in [-0.05, 0) is 70.6 Å². The van der Waals surface area contributed by atoms with Crippen molar-refractivity contribution < 1.29 is 15.0 Å². The van der Waals surface area contributed by atoms with Crippen LogP contribution < -0.4 is 5.32 Å². The fourth-order valence-electron chi connectivity index (χ4n) is 6.56. The van der Waals surface area contributed by atoms with Gasteiger partial charge in [0.15, 0.2) is 0 Å². The van der Waals surface area contributed by atoms with E-state index in [2.05, 4.69) is 92.1 Å². The van der Waals surface area contributed by atoms with E-state index >= 15 is 0 Å². The molecular weight excluding hydrogens is 675 g/mol. The smallest absolute Gasteiger partial charge is 0.220 e. The minimum absolute atomic E-state index is 0.0789. The lowest BCUT2D eigenvalue weighted by atomic mass is 10.0. The highest BCUT2D eigenvalue weighted by atomic mass is 16.3. The van der Waals surface area contributed by atoms with Gasteiger partial charge in [-0.25, -0.2) is 0 Å². The van der Waals surface area contributed by atoms with Crippen LogP contribution in [0.25, 0.3) is 0 Å². The molecule has 1 amide bonds. The van der Waals surface area contributed by atoms with E-state index in [1.54, 1.807) is 6.08 Å². The first-order chi connectivity index (χ1) is 27.2. The highest BCUT2D eigenvalue weighted by molar-refractivity contribution is 5.76. The van der Waals surface area contributed by atoms with E-state index in [0.29, 0.717) is 6.42 Å². The zero-order chi connectivity index (χ0) is 40.0. The van der Waals surface area contributed by atoms with Gasteiger partial charge in [-0.3, -0.25) is 4.79 Å². The van der Waals surface area contributed by atoms with Gasteiger partial charge >= 0.3 is 0 Å². The molecule has 0 radical (unpaired) electrons. The van der Waals surface area contributed by atoms with Crippen molar-refractivity contribution in [2.75, 3.05) is 6.61 Å². The topological polar surface area (TPSA) is 69.6 Å². The normalized spacial score (nSPS) is 13.7. The maximum atomic E-state index is 12.3. The van der Waals surface area contributed by atoms with Gasteiger partial charge in [0.25, 0.3) is 0 Å². The van der Waals surface area contributed by atoms with E-state index in [1.807, 2.05) is 6.08 Å². The zero-order valence-electron chi connectivity index (χ0n) is 36.2. The van der Waals surface area contributed by atoms with Gasteiger partial charge in [0, 0.05) is 6.42 Å². The summed E-state index contributed by atoms with van der Waals surface area (Å²) >= 11 is 0. The SMILES string of the molecule is CC/C=C\C/C=C\C/C=C\C/C=C\C/C=C\CCCCCCCCCCCCCCCCCCCCCC(=O)NC(CO)C(O)/C=C/CC/C=C/CCCC. The number of amides is 1. The van der Waals surface area contributed by atoms with E-state index in [0.717, 1.165) is 64.2 Å². The number of carbonyl (C=O) groups is 1. The van der Waals surface area contributed by atoms with Crippen LogP contribution in [0.4, 0.5) is 0 Å². The standard InChI is InChI=1S/C51H89NO3/c1-3-5-7-9-11-13-14-15-16-17-18-19-20-21-22-23-24-25-26-27-28-29-30-31-32-33-34-35-36-37-38-39-41-43-45-47-51(55)52-49(48-53)50(54)46-44-42-40-12-10-8-6-4-2/h5,7,10-13,15-16,18-19,21-22,44,46,49-50,53-54H,3-4,6,8-9,14,17,20,23-43,45,47-48H2,1-2H3,(H,52,55)/b7-5-,12-10+,13-11-,16-15-,19-18-,22-21-,46-44+. The van der Waals surface area contributed by atoms with Gasteiger partial charge in [0.05, 0.1) is 18.8 Å². The quantitative estimate of drug-likeness (QED) is 0.0429. The van der Waals surface area contributed by atoms with E-state index in [1.165, 1.54) is 128 Å². The highest BCUT2D eigenvalue weighted by Crippen LogP contribution is 2.15. The Morgan fingerprint density at radius 1 is 0.455 bits per heavy atom. The fourth-order valence-corrected chi connectivity index (χ4v) is 6.56. The molecule has 3 N–H and O–H groups in total. The van der Waals surface area contributed by atoms with Crippen LogP contribution >= 0.6 is 0 Å². The second-order valence-electron chi connectivity index (χ2n) is 15.4. The van der Waals surface area contributed by atoms with Gasteiger partial charge in [0.2, 0.25) is 5.91 Å². The van der Waals surface area contributed by atoms with Gasteiger partial charge in [-0.2, -0.15) is 0 Å². The van der Waals surface area contributed by atoms with E-state index in [-0.39, 0.29) is 12.5 Å². The lowest BCUT2D eigenvalue weighted by Crippen LogP contribution is -2.45. The number of unbranched alkanes of at least 4 members (excludes halogenated alkanes) is 22. The molecule has 0 fully saturated rings. The van der Waals surface area contributed by atoms with Crippen molar-refractivity contribution in [2.45, 2.75) is 225 Å². The Morgan fingerprint density at radius 3 is 1.27 bits per heavy atom. The summed E-state index contributed by atoms with van der Waals surface area (Å²) in [6.45, 7) is 4.10. The summed E-state index contributed by atoms with van der Waals surface area (Å²) in [6, 6.07) is -0.638. The Balaban J connectivity index is 3.44. The molecule has 0 aromatic carbocycles. The van der Waals surface area contributed by atoms with Gasteiger partial charge in [0.1, 0.15) is 0 Å². The molecule has 316 valence electrons. The average molecular weight is 764 g/mol. The zero-order valence-corrected chi connectivity index (χ0v) is 36.2. The Bertz CT molecular complexity index is 1000. The highest BCUT2D eigenvalue weighted by Gasteiger charge is 2.17. The first kappa shape index (κ1) is 52.6. The predicted octanol–water partition coefficient (Wildman–Crippen LogP) is 14.9. The predicted molar refractivity (Wildman–Crippen MR) is 243 cm³/mol. The third kappa shape index (κ3) is 42.6. The largest absolute Gasteiger partial charge is 0.394 e. The summed E-state index contributed by atoms with van der Waals surface area (Å²) in [4.78, 5) is 12.3. The number of allylic oxidation sites excluding steroid dienone is 13. The van der Waals surface area contributed by atoms with Crippen molar-refractivity contribution in [1.29, 1.82) is 0 Å². The monoisotopic (exact) mass is 764 g/mol. The van der Waals surface area contributed by atoms with Crippen molar-refractivity contribution in [3.05, 3.63) is 85.1 Å². The molecule has 0 saturated carbocycles. The van der Waals surface area contributed by atoms with Crippen LogP contribution in [0.5, 0.6) is 0 Å². The molecule has 2 unspecified atom stereocenters. The van der Waals surface area contributed by atoms with Crippen LogP contribution in [-0.2, 0) is 4.79 Å². The first-order valence-electron chi connectivity index (χ1n) is 23.3. The Hall–Kier alpha value is -2.43. The molecule has 0 aliphatic carbocycles. The molecule has 0 rings (SSSR count). The molecule has 4 heteroatoms. The van der Waals surface area contributed by atoms with Gasteiger partial charge in [-0.1, -0.05) is 221 Å². The summed E-state index contributed by atoms with van der Waals surface area (Å²) in [7, 11) is 0. The van der Waals surface area contributed by atoms with Gasteiger partial charge in [-0.15, -0.1) is 0 Å². The lowest BCUT2D eigenvalue weighted by molar-refractivity contribution is -0.123. The molecule has 0 bridgehead atoms. The molecule has 55 heavy (non-hydrogen) atoms. The maximum absolute atomic E-state index is 12.3. The number of aliphatic hydroxyl groups is 2. The van der Waals surface area contributed by atoms with Crippen LogP contribution in [-0.4, -0.2) is 34.9 Å². The summed E-state index contributed by atoms with van der Waals surface area (Å²) < 4.78 is 0. The molecule has 0 saturated heterocycles. The van der Waals surface area contributed by atoms with Gasteiger partial charge < -0.3 is 15.5 Å². The number of hydrogen-bond donors (Lipinski definition) is 3. The third-order valence-electron chi connectivity index (χ3n) is 10.1. The minimum Gasteiger partial charge on any atom is -0.394 e. The molecule has 4 nitrogen and oxygen atoms in total. The number of hydrogen-bond acceptors (Lipinski definition) is 3. The summed E-state index contributed by atoms with van der Waals surface area (Å²) in [5, 5.41) is 22.8. The van der Waals surface area contributed by atoms with Crippen molar-refractivity contribution in [3.63, 3.8) is 0 Å². The van der Waals surface area contributed by atoms with Crippen LogP contribution in [0, 0.1) is 0 Å². The van der Waals surface area contributed by atoms with E-state index in [9.17, 15) is 15.0 Å². The lowest BCUT2D eigenvalue weighted by Gasteiger charge is -2.19. The summed E-state index contributed by atoms with van der Waals surface area (Å²) in [6.07, 6.45) is 67.3. The van der Waals surface area contributed by atoms with Crippen LogP contribution in [0.2, 0.25) is 0 Å². The van der Waals surface area contributed by atoms with E-state index in [4.69, 9.17) is 0 Å². The molecule has 0 aromatic rings. The Labute approximate surface area is 341 Å². The number of carbonyl (C=O) groups excluding carboxylic acids is 1. The Kier molecular flexibility index (Phi) is 43.9. The van der Waals surface area contributed by atoms with Crippen LogP contribution in [0.1, 0.15) is 213 Å². The number of rotatable bonds is 41. The first-order valence-corrected chi connectivity index (χ1v) is 23.3. The summed E-state index contributed by atoms with van der Waals surface area (Å²) in [5.41, 5.74) is 0. The molecule has 0 aromatic heterocycles. The number of nitrogens with one attached hydrogen (secondary N) is 1. The maximum Gasteiger partial charge on any atom is 0.220 e. The summed E-state index contributed by atoms with van der Waals surface area (Å²) in [5.74, 6) is -0.0789. The molecule has 0 aliphatic rings. The minimum atomic E-state index is -0.861. The average Bonchev–Trinajstić information content (AvgIpc) is 3.19. The van der Waals surface area contributed by atoms with Crippen molar-refractivity contribution >= 4 is 5.91 Å². The van der Waals surface area contributed by atoms with Crippen molar-refractivity contribution in [3.8, 4) is 0 Å². The molecule has 2 atom stereocenters. The van der Waals surface area contributed by atoms with E-state index < -0.39 is 12.1 Å². The van der Waals surface area contributed by atoms with Crippen molar-refractivity contribution in [1.82, 2.24) is 5.32 Å². The fraction of sp³-hybridized carbons (Fsp3) is 0.706.